The van der Waals surface area contributed by atoms with Crippen LogP contribution in [0, 0.1) is 23.2 Å². The fourth-order valence-electron chi connectivity index (χ4n) is 1.38. The average Bonchev–Trinajstić information content (AvgIpc) is 2.18. The second-order valence-electron chi connectivity index (χ2n) is 4.20. The Labute approximate surface area is 92.9 Å². The third kappa shape index (κ3) is 6.11. The Hall–Kier alpha value is -1.04. The molecule has 3 heteroatoms. The van der Waals surface area contributed by atoms with Crippen molar-refractivity contribution in [2.45, 2.75) is 46.5 Å². The Balaban J connectivity index is 3.69. The largest absolute Gasteiger partial charge is 0.355 e. The molecule has 15 heavy (non-hydrogen) atoms. The number of carbonyl (C=O) groups is 1. The van der Waals surface area contributed by atoms with Gasteiger partial charge < -0.3 is 5.32 Å². The summed E-state index contributed by atoms with van der Waals surface area (Å²) in [5.74, 6) is -0.536. The maximum atomic E-state index is 11.5. The molecule has 0 spiro atoms. The molecule has 0 aromatic carbocycles. The lowest BCUT2D eigenvalue weighted by Gasteiger charge is -2.12. The van der Waals surface area contributed by atoms with Crippen LogP contribution in [0.1, 0.15) is 46.5 Å². The fourth-order valence-corrected chi connectivity index (χ4v) is 1.38. The number of nitrogens with zero attached hydrogens (tertiary/aromatic N) is 1. The highest BCUT2D eigenvalue weighted by molar-refractivity contribution is 5.81. The van der Waals surface area contributed by atoms with Gasteiger partial charge >= 0.3 is 0 Å². The summed E-state index contributed by atoms with van der Waals surface area (Å²) in [6.45, 7) is 6.64. The number of unbranched alkanes of at least 4 members (excludes halogenated alkanes) is 3. The highest BCUT2D eigenvalue weighted by Gasteiger charge is 2.20. The molecule has 1 unspecified atom stereocenters. The highest BCUT2D eigenvalue weighted by atomic mass is 16.1. The number of nitrogens with one attached hydrogen (secondary N) is 1. The predicted molar refractivity (Wildman–Crippen MR) is 61.1 cm³/mol. The van der Waals surface area contributed by atoms with Gasteiger partial charge in [0, 0.05) is 6.54 Å². The number of hydrogen-bond acceptors (Lipinski definition) is 2. The van der Waals surface area contributed by atoms with Crippen molar-refractivity contribution in [3.63, 3.8) is 0 Å². The van der Waals surface area contributed by atoms with Crippen molar-refractivity contribution >= 4 is 5.91 Å². The van der Waals surface area contributed by atoms with Gasteiger partial charge in [-0.2, -0.15) is 5.26 Å². The van der Waals surface area contributed by atoms with E-state index >= 15 is 0 Å². The van der Waals surface area contributed by atoms with Crippen LogP contribution < -0.4 is 5.32 Å². The van der Waals surface area contributed by atoms with Crippen LogP contribution in [0.4, 0.5) is 0 Å². The molecule has 0 aliphatic heterocycles. The monoisotopic (exact) mass is 210 g/mol. The molecule has 0 heterocycles. The summed E-state index contributed by atoms with van der Waals surface area (Å²) in [7, 11) is 0. The molecule has 0 rings (SSSR count). The van der Waals surface area contributed by atoms with Crippen LogP contribution in [0.15, 0.2) is 0 Å². The molecule has 0 fully saturated rings. The van der Waals surface area contributed by atoms with Crippen molar-refractivity contribution < 1.29 is 4.79 Å². The number of nitriles is 1. The molecule has 0 saturated heterocycles. The number of amides is 1. The quantitative estimate of drug-likeness (QED) is 0.656. The van der Waals surface area contributed by atoms with E-state index in [9.17, 15) is 4.79 Å². The Morgan fingerprint density at radius 2 is 2.00 bits per heavy atom. The predicted octanol–water partition coefficient (Wildman–Crippen LogP) is 2.48. The average molecular weight is 210 g/mol. The molecule has 86 valence electrons. The summed E-state index contributed by atoms with van der Waals surface area (Å²) < 4.78 is 0. The lowest BCUT2D eigenvalue weighted by atomic mass is 9.97. The van der Waals surface area contributed by atoms with Crippen LogP contribution in [-0.4, -0.2) is 12.5 Å². The zero-order chi connectivity index (χ0) is 11.7. The third-order valence-electron chi connectivity index (χ3n) is 2.42. The van der Waals surface area contributed by atoms with Crippen LogP contribution in [0.5, 0.6) is 0 Å². The summed E-state index contributed by atoms with van der Waals surface area (Å²) in [5, 5.41) is 11.6. The maximum Gasteiger partial charge on any atom is 0.237 e. The fraction of sp³-hybridized carbons (Fsp3) is 0.833. The molecule has 0 aromatic rings. The summed E-state index contributed by atoms with van der Waals surface area (Å²) >= 11 is 0. The highest BCUT2D eigenvalue weighted by Crippen LogP contribution is 2.09. The van der Waals surface area contributed by atoms with Crippen LogP contribution in [0.3, 0.4) is 0 Å². The van der Waals surface area contributed by atoms with Crippen LogP contribution >= 0.6 is 0 Å². The van der Waals surface area contributed by atoms with E-state index in [0.717, 1.165) is 12.8 Å². The normalized spacial score (nSPS) is 12.2. The van der Waals surface area contributed by atoms with E-state index in [2.05, 4.69) is 12.2 Å². The Morgan fingerprint density at radius 3 is 2.47 bits per heavy atom. The molecular formula is C12H22N2O. The molecule has 3 nitrogen and oxygen atoms in total. The molecule has 0 aliphatic carbocycles. The first-order valence-electron chi connectivity index (χ1n) is 5.80. The van der Waals surface area contributed by atoms with Gasteiger partial charge in [-0.25, -0.2) is 0 Å². The van der Waals surface area contributed by atoms with Crippen molar-refractivity contribution in [2.24, 2.45) is 11.8 Å². The standard InChI is InChI=1S/C12H22N2O/c1-4-5-6-7-8-14-12(15)11(9-13)10(2)3/h10-11H,4-8H2,1-3H3,(H,14,15). The summed E-state index contributed by atoms with van der Waals surface area (Å²) in [5.41, 5.74) is 0. The van der Waals surface area contributed by atoms with Gasteiger partial charge in [0.2, 0.25) is 5.91 Å². The molecule has 0 radical (unpaired) electrons. The summed E-state index contributed by atoms with van der Waals surface area (Å²) in [4.78, 5) is 11.5. The first kappa shape index (κ1) is 14.0. The first-order valence-corrected chi connectivity index (χ1v) is 5.80. The van der Waals surface area contributed by atoms with Gasteiger partial charge in [-0.05, 0) is 12.3 Å². The zero-order valence-electron chi connectivity index (χ0n) is 10.0. The van der Waals surface area contributed by atoms with Gasteiger partial charge in [0.05, 0.1) is 6.07 Å². The minimum atomic E-state index is -0.504. The Morgan fingerprint density at radius 1 is 1.33 bits per heavy atom. The molecule has 0 aliphatic rings. The van der Waals surface area contributed by atoms with Gasteiger partial charge in [-0.1, -0.05) is 40.0 Å². The number of carbonyl (C=O) groups excluding carboxylic acids is 1. The second-order valence-corrected chi connectivity index (χ2v) is 4.20. The lowest BCUT2D eigenvalue weighted by molar-refractivity contribution is -0.124. The third-order valence-corrected chi connectivity index (χ3v) is 2.42. The smallest absolute Gasteiger partial charge is 0.237 e. The lowest BCUT2D eigenvalue weighted by Crippen LogP contribution is -2.33. The van der Waals surface area contributed by atoms with Gasteiger partial charge in [0.1, 0.15) is 5.92 Å². The van der Waals surface area contributed by atoms with E-state index in [0.29, 0.717) is 6.54 Å². The van der Waals surface area contributed by atoms with E-state index in [-0.39, 0.29) is 11.8 Å². The van der Waals surface area contributed by atoms with E-state index in [1.54, 1.807) is 0 Å². The molecule has 0 bridgehead atoms. The van der Waals surface area contributed by atoms with E-state index in [4.69, 9.17) is 5.26 Å². The van der Waals surface area contributed by atoms with Crippen molar-refractivity contribution in [3.05, 3.63) is 0 Å². The van der Waals surface area contributed by atoms with Gasteiger partial charge in [0.25, 0.3) is 0 Å². The van der Waals surface area contributed by atoms with Crippen molar-refractivity contribution in [1.29, 1.82) is 5.26 Å². The van der Waals surface area contributed by atoms with E-state index < -0.39 is 5.92 Å². The van der Waals surface area contributed by atoms with Gasteiger partial charge in [-0.15, -0.1) is 0 Å². The molecule has 1 atom stereocenters. The first-order chi connectivity index (χ1) is 7.13. The maximum absolute atomic E-state index is 11.5. The molecule has 1 amide bonds. The molecule has 1 N–H and O–H groups in total. The van der Waals surface area contributed by atoms with Crippen LogP contribution in [-0.2, 0) is 4.79 Å². The molecular weight excluding hydrogens is 188 g/mol. The van der Waals surface area contributed by atoms with Crippen LogP contribution in [0.2, 0.25) is 0 Å². The van der Waals surface area contributed by atoms with E-state index in [1.807, 2.05) is 19.9 Å². The second kappa shape index (κ2) is 8.28. The topological polar surface area (TPSA) is 52.9 Å². The van der Waals surface area contributed by atoms with Crippen molar-refractivity contribution in [1.82, 2.24) is 5.32 Å². The Kier molecular flexibility index (Phi) is 7.71. The zero-order valence-corrected chi connectivity index (χ0v) is 10.0. The molecule has 0 aromatic heterocycles. The summed E-state index contributed by atoms with van der Waals surface area (Å²) in [6.07, 6.45) is 4.56. The minimum absolute atomic E-state index is 0.0886. The Bertz CT molecular complexity index is 218. The van der Waals surface area contributed by atoms with Crippen molar-refractivity contribution in [2.75, 3.05) is 6.54 Å². The SMILES string of the molecule is CCCCCCNC(=O)C(C#N)C(C)C. The minimum Gasteiger partial charge on any atom is -0.355 e. The number of rotatable bonds is 7. The van der Waals surface area contributed by atoms with Crippen molar-refractivity contribution in [3.8, 4) is 6.07 Å². The summed E-state index contributed by atoms with van der Waals surface area (Å²) in [6, 6.07) is 2.04. The molecule has 0 saturated carbocycles. The van der Waals surface area contributed by atoms with E-state index in [1.165, 1.54) is 12.8 Å². The van der Waals surface area contributed by atoms with Crippen LogP contribution in [0.25, 0.3) is 0 Å². The number of hydrogen-bond donors (Lipinski definition) is 1. The van der Waals surface area contributed by atoms with Gasteiger partial charge in [0.15, 0.2) is 0 Å². The van der Waals surface area contributed by atoms with Gasteiger partial charge in [-0.3, -0.25) is 4.79 Å².